The summed E-state index contributed by atoms with van der Waals surface area (Å²) in [5.41, 5.74) is 0. The van der Waals surface area contributed by atoms with E-state index in [9.17, 15) is 13.2 Å². The van der Waals surface area contributed by atoms with Crippen molar-refractivity contribution in [3.8, 4) is 0 Å². The predicted molar refractivity (Wildman–Crippen MR) is 56.3 cm³/mol. The van der Waals surface area contributed by atoms with Crippen LogP contribution < -0.4 is 0 Å². The molecule has 0 atom stereocenters. The smallest absolute Gasteiger partial charge is 0.397 e. The molecule has 0 heterocycles. The van der Waals surface area contributed by atoms with Gasteiger partial charge in [0.25, 0.3) is 0 Å². The van der Waals surface area contributed by atoms with Gasteiger partial charge in [0.1, 0.15) is 0 Å². The van der Waals surface area contributed by atoms with Crippen molar-refractivity contribution in [1.82, 2.24) is 0 Å². The number of aliphatic carboxylic acids is 1. The van der Waals surface area contributed by atoms with E-state index in [1.54, 1.807) is 0 Å². The highest BCUT2D eigenvalue weighted by atomic mass is 32.3. The number of carbonyl (C=O) groups is 1. The molecule has 16 heavy (non-hydrogen) atoms. The first-order chi connectivity index (χ1) is 7.33. The predicted octanol–water partition coefficient (Wildman–Crippen LogP) is 0.265. The molecule has 0 aromatic heterocycles. The number of carboxylic acids is 1. The average molecular weight is 254 g/mol. The van der Waals surface area contributed by atoms with E-state index >= 15 is 0 Å². The summed E-state index contributed by atoms with van der Waals surface area (Å²) in [4.78, 5) is 9.25. The van der Waals surface area contributed by atoms with Crippen LogP contribution in [0, 0.1) is 0 Å². The summed E-state index contributed by atoms with van der Waals surface area (Å²) in [6.45, 7) is 6.58. The van der Waals surface area contributed by atoms with Gasteiger partial charge in [-0.15, -0.1) is 6.58 Å². The third-order valence-corrected chi connectivity index (χ3v) is 1.33. The molecule has 0 aliphatic rings. The Morgan fingerprint density at radius 3 is 2.12 bits per heavy atom. The van der Waals surface area contributed by atoms with Crippen molar-refractivity contribution in [3.05, 3.63) is 25.3 Å². The fourth-order valence-electron chi connectivity index (χ4n) is 0.365. The van der Waals surface area contributed by atoms with E-state index < -0.39 is 16.4 Å². The van der Waals surface area contributed by atoms with E-state index in [4.69, 9.17) is 14.4 Å². The zero-order valence-electron chi connectivity index (χ0n) is 8.53. The summed E-state index contributed by atoms with van der Waals surface area (Å²) < 4.78 is 36.6. The van der Waals surface area contributed by atoms with Crippen LogP contribution in [0.25, 0.3) is 0 Å². The zero-order valence-corrected chi connectivity index (χ0v) is 9.35. The highest BCUT2D eigenvalue weighted by Gasteiger charge is 2.01. The van der Waals surface area contributed by atoms with E-state index in [1.807, 2.05) is 0 Å². The van der Waals surface area contributed by atoms with Crippen LogP contribution in [0.15, 0.2) is 25.3 Å². The van der Waals surface area contributed by atoms with Crippen molar-refractivity contribution >= 4 is 16.4 Å². The first kappa shape index (κ1) is 17.2. The maximum absolute atomic E-state index is 9.92. The molecule has 0 fully saturated rings. The molecule has 7 nitrogen and oxygen atoms in total. The maximum Gasteiger partial charge on any atom is 0.397 e. The average Bonchev–Trinajstić information content (AvgIpc) is 2.17. The number of hydrogen-bond donors (Lipinski definition) is 2. The molecular weight excluding hydrogens is 240 g/mol. The Morgan fingerprint density at radius 2 is 1.81 bits per heavy atom. The zero-order chi connectivity index (χ0) is 13.0. The minimum atomic E-state index is -4.32. The quantitative estimate of drug-likeness (QED) is 0.290. The monoisotopic (exact) mass is 254 g/mol. The molecule has 0 saturated carbocycles. The van der Waals surface area contributed by atoms with Gasteiger partial charge >= 0.3 is 16.4 Å². The fraction of sp³-hybridized carbons (Fsp3) is 0.375. The van der Waals surface area contributed by atoms with Crippen LogP contribution in [0.2, 0.25) is 0 Å². The van der Waals surface area contributed by atoms with Crippen LogP contribution in [-0.4, -0.2) is 43.9 Å². The Labute approximate surface area is 93.9 Å². The van der Waals surface area contributed by atoms with Gasteiger partial charge in [0.2, 0.25) is 0 Å². The molecule has 0 unspecified atom stereocenters. The van der Waals surface area contributed by atoms with Gasteiger partial charge in [0.15, 0.2) is 0 Å². The summed E-state index contributed by atoms with van der Waals surface area (Å²) >= 11 is 0. The molecule has 0 radical (unpaired) electrons. The fourth-order valence-corrected chi connectivity index (χ4v) is 0.644. The summed E-state index contributed by atoms with van der Waals surface area (Å²) in [7, 11) is -4.32. The lowest BCUT2D eigenvalue weighted by Crippen LogP contribution is -2.09. The molecule has 0 saturated heterocycles. The van der Waals surface area contributed by atoms with Crippen LogP contribution in [0.4, 0.5) is 0 Å². The number of hydrogen-bond acceptors (Lipinski definition) is 5. The van der Waals surface area contributed by atoms with E-state index in [0.717, 1.165) is 6.08 Å². The Bertz CT molecular complexity index is 306. The van der Waals surface area contributed by atoms with Gasteiger partial charge in [0.05, 0.1) is 19.8 Å². The summed E-state index contributed by atoms with van der Waals surface area (Å²) in [5.74, 6) is -0.981. The third-order valence-electron chi connectivity index (χ3n) is 0.870. The molecule has 8 heteroatoms. The Balaban J connectivity index is 0. The molecule has 0 amide bonds. The van der Waals surface area contributed by atoms with Crippen LogP contribution in [0.3, 0.4) is 0 Å². The topological polar surface area (TPSA) is 110 Å². The van der Waals surface area contributed by atoms with Gasteiger partial charge in [0, 0.05) is 6.08 Å². The van der Waals surface area contributed by atoms with Gasteiger partial charge in [-0.25, -0.2) is 8.98 Å². The summed E-state index contributed by atoms with van der Waals surface area (Å²) in [6.07, 6.45) is 2.35. The van der Waals surface area contributed by atoms with Gasteiger partial charge < -0.3 is 9.84 Å². The molecule has 0 spiro atoms. The SMILES string of the molecule is C=CC(=O)O.C=CCOCCOS(=O)(=O)O. The molecule has 0 aliphatic carbocycles. The summed E-state index contributed by atoms with van der Waals surface area (Å²) in [6, 6.07) is 0. The molecule has 0 bridgehead atoms. The van der Waals surface area contributed by atoms with Gasteiger partial charge in [-0.2, -0.15) is 8.42 Å². The van der Waals surface area contributed by atoms with Crippen LogP contribution in [0.1, 0.15) is 0 Å². The van der Waals surface area contributed by atoms with Gasteiger partial charge in [-0.05, 0) is 0 Å². The second kappa shape index (κ2) is 10.3. The lowest BCUT2D eigenvalue weighted by molar-refractivity contribution is -0.131. The number of carboxylic acid groups (broad SMARTS) is 1. The van der Waals surface area contributed by atoms with Gasteiger partial charge in [-0.1, -0.05) is 12.7 Å². The molecule has 2 N–H and O–H groups in total. The lowest BCUT2D eigenvalue weighted by atomic mass is 10.7. The Kier molecular flexibility index (Phi) is 11.1. The third kappa shape index (κ3) is 23.0. The minimum absolute atomic E-state index is 0.103. The molecule has 0 aromatic carbocycles. The standard InChI is InChI=1S/C5H10O5S.C3H4O2/c1-2-3-9-4-5-10-11(6,7)8;1-2-3(4)5/h2H,1,3-5H2,(H,6,7,8);2H,1H2,(H,4,5). The lowest BCUT2D eigenvalue weighted by Gasteiger charge is -1.99. The van der Waals surface area contributed by atoms with E-state index in [2.05, 4.69) is 17.3 Å². The molecule has 0 rings (SSSR count). The normalized spacial score (nSPS) is 9.81. The Morgan fingerprint density at radius 1 is 1.31 bits per heavy atom. The largest absolute Gasteiger partial charge is 0.478 e. The molecule has 94 valence electrons. The molecule has 0 aliphatic heterocycles. The molecule has 0 aromatic rings. The minimum Gasteiger partial charge on any atom is -0.478 e. The van der Waals surface area contributed by atoms with Crippen molar-refractivity contribution in [2.75, 3.05) is 19.8 Å². The first-order valence-corrected chi connectivity index (χ1v) is 5.35. The van der Waals surface area contributed by atoms with E-state index in [-0.39, 0.29) is 13.2 Å². The highest BCUT2D eigenvalue weighted by molar-refractivity contribution is 7.80. The van der Waals surface area contributed by atoms with E-state index in [1.165, 1.54) is 6.08 Å². The second-order valence-corrected chi connectivity index (χ2v) is 3.25. The molecular formula is C8H14O7S. The van der Waals surface area contributed by atoms with Crippen LogP contribution in [0.5, 0.6) is 0 Å². The first-order valence-electron chi connectivity index (χ1n) is 3.99. The summed E-state index contributed by atoms with van der Waals surface area (Å²) in [5, 5.41) is 7.60. The Hall–Kier alpha value is -1.22. The van der Waals surface area contributed by atoms with E-state index in [0.29, 0.717) is 6.61 Å². The van der Waals surface area contributed by atoms with Crippen molar-refractivity contribution in [3.63, 3.8) is 0 Å². The van der Waals surface area contributed by atoms with Crippen molar-refractivity contribution in [2.45, 2.75) is 0 Å². The highest BCUT2D eigenvalue weighted by Crippen LogP contribution is 1.85. The van der Waals surface area contributed by atoms with Crippen LogP contribution >= 0.6 is 0 Å². The van der Waals surface area contributed by atoms with Crippen molar-refractivity contribution < 1.29 is 31.8 Å². The van der Waals surface area contributed by atoms with Crippen LogP contribution in [-0.2, 0) is 24.1 Å². The van der Waals surface area contributed by atoms with Gasteiger partial charge in [-0.3, -0.25) is 4.55 Å². The number of rotatable bonds is 7. The van der Waals surface area contributed by atoms with Crippen molar-refractivity contribution in [1.29, 1.82) is 0 Å². The maximum atomic E-state index is 9.92. The second-order valence-electron chi connectivity index (χ2n) is 2.16. The number of ether oxygens (including phenoxy) is 1. The van der Waals surface area contributed by atoms with Crippen molar-refractivity contribution in [2.24, 2.45) is 0 Å².